The first-order valence-electron chi connectivity index (χ1n) is 7.28. The smallest absolute Gasteiger partial charge is 0.239 e. The van der Waals surface area contributed by atoms with Gasteiger partial charge in [-0.2, -0.15) is 0 Å². The molecule has 2 rings (SSSR count). The van der Waals surface area contributed by atoms with E-state index in [0.717, 1.165) is 31.2 Å². The summed E-state index contributed by atoms with van der Waals surface area (Å²) in [6.07, 6.45) is 4.82. The zero-order valence-corrected chi connectivity index (χ0v) is 12.8. The molecule has 1 saturated carbocycles. The first-order valence-corrected chi connectivity index (χ1v) is 7.28. The highest BCUT2D eigenvalue weighted by Crippen LogP contribution is 2.29. The topological polar surface area (TPSA) is 50.4 Å². The predicted octanol–water partition coefficient (Wildman–Crippen LogP) is 1.73. The average Bonchev–Trinajstić information content (AvgIpc) is 2.40. The maximum atomic E-state index is 12.1. The Morgan fingerprint density at radius 1 is 1.37 bits per heavy atom. The van der Waals surface area contributed by atoms with Crippen molar-refractivity contribution in [2.45, 2.75) is 51.6 Å². The molecule has 19 heavy (non-hydrogen) atoms. The zero-order chi connectivity index (χ0) is 13.0. The van der Waals surface area contributed by atoms with E-state index in [2.05, 4.69) is 24.5 Å². The van der Waals surface area contributed by atoms with Crippen molar-refractivity contribution in [2.24, 2.45) is 11.8 Å². The van der Waals surface area contributed by atoms with E-state index in [4.69, 9.17) is 4.74 Å². The molecule has 5 heteroatoms. The summed E-state index contributed by atoms with van der Waals surface area (Å²) >= 11 is 0. The lowest BCUT2D eigenvalue weighted by molar-refractivity contribution is -0.127. The summed E-state index contributed by atoms with van der Waals surface area (Å²) in [7, 11) is 0. The molecular weight excluding hydrogens is 264 g/mol. The highest BCUT2D eigenvalue weighted by atomic mass is 35.5. The Kier molecular flexibility index (Phi) is 7.11. The van der Waals surface area contributed by atoms with Crippen LogP contribution in [0.5, 0.6) is 0 Å². The van der Waals surface area contributed by atoms with Gasteiger partial charge in [-0.3, -0.25) is 4.79 Å². The molecule has 0 aromatic heterocycles. The molecule has 0 radical (unpaired) electrons. The minimum absolute atomic E-state index is 0. The fourth-order valence-electron chi connectivity index (χ4n) is 3.00. The van der Waals surface area contributed by atoms with Crippen LogP contribution in [0.1, 0.15) is 39.5 Å². The van der Waals surface area contributed by atoms with Crippen LogP contribution >= 0.6 is 12.4 Å². The van der Waals surface area contributed by atoms with Crippen molar-refractivity contribution in [3.8, 4) is 0 Å². The van der Waals surface area contributed by atoms with Crippen molar-refractivity contribution in [1.29, 1.82) is 0 Å². The number of amides is 1. The number of carbonyl (C=O) groups excluding carboxylic acids is 1. The molecule has 1 amide bonds. The summed E-state index contributed by atoms with van der Waals surface area (Å²) < 4.78 is 5.33. The summed E-state index contributed by atoms with van der Waals surface area (Å²) in [6, 6.07) is 0.209. The number of ether oxygens (including phenoxy) is 1. The Balaban J connectivity index is 0.00000180. The highest BCUT2D eigenvalue weighted by molar-refractivity contribution is 5.85. The summed E-state index contributed by atoms with van der Waals surface area (Å²) in [4.78, 5) is 12.1. The standard InChI is InChI=1S/C14H26N2O2.ClH/c1-10(2)11-4-3-5-12(8-11)16-14(17)13-9-18-7-6-15-13;/h10-13,15H,3-9H2,1-2H3,(H,16,17);1H. The molecule has 0 aromatic carbocycles. The van der Waals surface area contributed by atoms with Crippen molar-refractivity contribution in [1.82, 2.24) is 10.6 Å². The van der Waals surface area contributed by atoms with E-state index in [9.17, 15) is 4.79 Å². The van der Waals surface area contributed by atoms with Crippen molar-refractivity contribution < 1.29 is 9.53 Å². The largest absolute Gasteiger partial charge is 0.378 e. The van der Waals surface area contributed by atoms with Gasteiger partial charge in [0.25, 0.3) is 0 Å². The van der Waals surface area contributed by atoms with Crippen LogP contribution in [0, 0.1) is 11.8 Å². The van der Waals surface area contributed by atoms with Crippen LogP contribution in [0.4, 0.5) is 0 Å². The van der Waals surface area contributed by atoms with E-state index in [0.29, 0.717) is 19.3 Å². The van der Waals surface area contributed by atoms with Gasteiger partial charge < -0.3 is 15.4 Å². The third-order valence-electron chi connectivity index (χ3n) is 4.24. The first-order chi connectivity index (χ1) is 8.66. The Labute approximate surface area is 122 Å². The maximum absolute atomic E-state index is 12.1. The van der Waals surface area contributed by atoms with E-state index in [1.807, 2.05) is 0 Å². The van der Waals surface area contributed by atoms with Crippen molar-refractivity contribution in [3.63, 3.8) is 0 Å². The van der Waals surface area contributed by atoms with Gasteiger partial charge in [0, 0.05) is 12.6 Å². The van der Waals surface area contributed by atoms with Crippen LogP contribution in [0.2, 0.25) is 0 Å². The van der Waals surface area contributed by atoms with E-state index in [-0.39, 0.29) is 24.4 Å². The number of hydrogen-bond donors (Lipinski definition) is 2. The summed E-state index contributed by atoms with van der Waals surface area (Å²) in [6.45, 7) is 6.56. The molecule has 0 bridgehead atoms. The molecule has 1 heterocycles. The maximum Gasteiger partial charge on any atom is 0.239 e. The molecule has 3 atom stereocenters. The minimum atomic E-state index is -0.154. The molecule has 1 aliphatic heterocycles. The zero-order valence-electron chi connectivity index (χ0n) is 12.0. The molecule has 1 saturated heterocycles. The molecule has 0 spiro atoms. The van der Waals surface area contributed by atoms with Gasteiger partial charge in [0.1, 0.15) is 6.04 Å². The minimum Gasteiger partial charge on any atom is -0.378 e. The van der Waals surface area contributed by atoms with E-state index in [1.54, 1.807) is 0 Å². The van der Waals surface area contributed by atoms with Crippen LogP contribution in [-0.4, -0.2) is 37.7 Å². The highest BCUT2D eigenvalue weighted by Gasteiger charge is 2.28. The lowest BCUT2D eigenvalue weighted by Crippen LogP contribution is -2.54. The molecule has 2 aliphatic rings. The van der Waals surface area contributed by atoms with Gasteiger partial charge in [-0.1, -0.05) is 26.7 Å². The second-order valence-corrected chi connectivity index (χ2v) is 5.96. The van der Waals surface area contributed by atoms with Crippen LogP contribution in [-0.2, 0) is 9.53 Å². The number of morpholine rings is 1. The molecule has 112 valence electrons. The lowest BCUT2D eigenvalue weighted by atomic mass is 9.79. The Bertz CT molecular complexity index is 281. The SMILES string of the molecule is CC(C)C1CCCC(NC(=O)C2COCCN2)C1.Cl. The van der Waals surface area contributed by atoms with Gasteiger partial charge >= 0.3 is 0 Å². The van der Waals surface area contributed by atoms with Gasteiger partial charge in [0.15, 0.2) is 0 Å². The lowest BCUT2D eigenvalue weighted by Gasteiger charge is -2.33. The number of rotatable bonds is 3. The number of carbonyl (C=O) groups is 1. The third-order valence-corrected chi connectivity index (χ3v) is 4.24. The predicted molar refractivity (Wildman–Crippen MR) is 78.6 cm³/mol. The number of nitrogens with one attached hydrogen (secondary N) is 2. The van der Waals surface area contributed by atoms with E-state index in [1.165, 1.54) is 12.8 Å². The summed E-state index contributed by atoms with van der Waals surface area (Å²) in [5.74, 6) is 1.60. The quantitative estimate of drug-likeness (QED) is 0.832. The van der Waals surface area contributed by atoms with E-state index < -0.39 is 0 Å². The Morgan fingerprint density at radius 2 is 2.16 bits per heavy atom. The third kappa shape index (κ3) is 4.93. The monoisotopic (exact) mass is 290 g/mol. The average molecular weight is 291 g/mol. The van der Waals surface area contributed by atoms with Gasteiger partial charge in [0.2, 0.25) is 5.91 Å². The van der Waals surface area contributed by atoms with Gasteiger partial charge in [0.05, 0.1) is 13.2 Å². The normalized spacial score (nSPS) is 31.6. The van der Waals surface area contributed by atoms with Gasteiger partial charge in [-0.05, 0) is 24.7 Å². The van der Waals surface area contributed by atoms with Crippen LogP contribution < -0.4 is 10.6 Å². The van der Waals surface area contributed by atoms with Gasteiger partial charge in [-0.15, -0.1) is 12.4 Å². The molecule has 2 N–H and O–H groups in total. The Hall–Kier alpha value is -0.320. The van der Waals surface area contributed by atoms with E-state index >= 15 is 0 Å². The fraction of sp³-hybridized carbons (Fsp3) is 0.929. The molecule has 1 aliphatic carbocycles. The van der Waals surface area contributed by atoms with Crippen LogP contribution in [0.15, 0.2) is 0 Å². The molecule has 4 nitrogen and oxygen atoms in total. The van der Waals surface area contributed by atoms with Crippen molar-refractivity contribution >= 4 is 18.3 Å². The van der Waals surface area contributed by atoms with Crippen LogP contribution in [0.3, 0.4) is 0 Å². The number of halogens is 1. The van der Waals surface area contributed by atoms with Crippen LogP contribution in [0.25, 0.3) is 0 Å². The first kappa shape index (κ1) is 16.7. The molecule has 0 aromatic rings. The fourth-order valence-corrected chi connectivity index (χ4v) is 3.00. The van der Waals surface area contributed by atoms with Crippen molar-refractivity contribution in [2.75, 3.05) is 19.8 Å². The Morgan fingerprint density at radius 3 is 2.79 bits per heavy atom. The molecule has 3 unspecified atom stereocenters. The second kappa shape index (κ2) is 8.08. The summed E-state index contributed by atoms with van der Waals surface area (Å²) in [5.41, 5.74) is 0. The molecule has 2 fully saturated rings. The summed E-state index contributed by atoms with van der Waals surface area (Å²) in [5, 5.41) is 6.40. The molecular formula is C14H27ClN2O2. The van der Waals surface area contributed by atoms with Crippen molar-refractivity contribution in [3.05, 3.63) is 0 Å². The number of hydrogen-bond acceptors (Lipinski definition) is 3. The second-order valence-electron chi connectivity index (χ2n) is 5.96. The van der Waals surface area contributed by atoms with Gasteiger partial charge in [-0.25, -0.2) is 0 Å².